The summed E-state index contributed by atoms with van der Waals surface area (Å²) in [6.07, 6.45) is 0. The molecule has 1 aliphatic rings. The number of nitrogens with zero attached hydrogens (tertiary/aromatic N) is 1. The SMILES string of the molecule is CC1=C(N(C)CCN)C(S)C1=S. The predicted octanol–water partition coefficient (Wildman–Crippen LogP) is 0.833. The number of hydrogen-bond donors (Lipinski definition) is 2. The lowest BCUT2D eigenvalue weighted by molar-refractivity contribution is 0.416. The van der Waals surface area contributed by atoms with Crippen LogP contribution in [-0.2, 0) is 0 Å². The molecule has 1 rings (SSSR count). The second-order valence-electron chi connectivity index (χ2n) is 2.99. The van der Waals surface area contributed by atoms with Crippen molar-refractivity contribution in [1.29, 1.82) is 0 Å². The minimum Gasteiger partial charge on any atom is -0.375 e. The van der Waals surface area contributed by atoms with Crippen molar-refractivity contribution in [3.63, 3.8) is 0 Å². The first-order chi connectivity index (χ1) is 5.59. The number of allylic oxidation sites excluding steroid dienone is 1. The van der Waals surface area contributed by atoms with Gasteiger partial charge in [-0.2, -0.15) is 12.6 Å². The van der Waals surface area contributed by atoms with Gasteiger partial charge in [0.15, 0.2) is 0 Å². The van der Waals surface area contributed by atoms with E-state index in [-0.39, 0.29) is 5.25 Å². The van der Waals surface area contributed by atoms with Gasteiger partial charge < -0.3 is 10.6 Å². The topological polar surface area (TPSA) is 29.3 Å². The maximum atomic E-state index is 5.45. The van der Waals surface area contributed by atoms with E-state index in [1.807, 2.05) is 14.0 Å². The summed E-state index contributed by atoms with van der Waals surface area (Å²) >= 11 is 9.50. The zero-order valence-electron chi connectivity index (χ0n) is 7.37. The number of thiocarbonyl (C=S) groups is 1. The van der Waals surface area contributed by atoms with E-state index in [9.17, 15) is 0 Å². The van der Waals surface area contributed by atoms with Crippen LogP contribution in [0.2, 0.25) is 0 Å². The minimum absolute atomic E-state index is 0.150. The van der Waals surface area contributed by atoms with Crippen LogP contribution in [0.25, 0.3) is 0 Å². The highest BCUT2D eigenvalue weighted by Crippen LogP contribution is 2.31. The molecule has 0 saturated carbocycles. The molecule has 0 radical (unpaired) electrons. The van der Waals surface area contributed by atoms with Crippen LogP contribution in [0.3, 0.4) is 0 Å². The summed E-state index contributed by atoms with van der Waals surface area (Å²) in [5, 5.41) is 0.150. The lowest BCUT2D eigenvalue weighted by Gasteiger charge is -2.36. The van der Waals surface area contributed by atoms with Gasteiger partial charge in [-0.15, -0.1) is 0 Å². The van der Waals surface area contributed by atoms with Crippen molar-refractivity contribution in [2.24, 2.45) is 5.73 Å². The summed E-state index contributed by atoms with van der Waals surface area (Å²) in [6.45, 7) is 3.57. The number of hydrogen-bond acceptors (Lipinski definition) is 4. The van der Waals surface area contributed by atoms with Crippen molar-refractivity contribution in [3.8, 4) is 0 Å². The second-order valence-corrected chi connectivity index (χ2v) is 3.94. The van der Waals surface area contributed by atoms with E-state index < -0.39 is 0 Å². The summed E-state index contributed by atoms with van der Waals surface area (Å²) in [4.78, 5) is 3.10. The molecule has 1 aliphatic carbocycles. The highest BCUT2D eigenvalue weighted by molar-refractivity contribution is 7.87. The molecular formula is C8H14N2S2. The Balaban J connectivity index is 2.70. The van der Waals surface area contributed by atoms with Gasteiger partial charge >= 0.3 is 0 Å². The zero-order chi connectivity index (χ0) is 9.30. The zero-order valence-corrected chi connectivity index (χ0v) is 9.08. The molecule has 0 aromatic heterocycles. The normalized spacial score (nSPS) is 22.7. The van der Waals surface area contributed by atoms with Crippen LogP contribution < -0.4 is 5.73 Å². The van der Waals surface area contributed by atoms with E-state index in [1.54, 1.807) is 0 Å². The van der Waals surface area contributed by atoms with Crippen molar-refractivity contribution in [2.75, 3.05) is 20.1 Å². The van der Waals surface area contributed by atoms with Gasteiger partial charge in [0.25, 0.3) is 0 Å². The van der Waals surface area contributed by atoms with Crippen LogP contribution in [-0.4, -0.2) is 35.2 Å². The third-order valence-corrected chi connectivity index (χ3v) is 3.36. The van der Waals surface area contributed by atoms with Crippen LogP contribution in [0.15, 0.2) is 11.3 Å². The Bertz CT molecular complexity index is 235. The standard InChI is InChI=1S/C8H14N2S2/c1-5-6(8(12)7(5)11)10(2)4-3-9/h8,12H,3-4,9H2,1-2H3. The first-order valence-corrected chi connectivity index (χ1v) is 4.86. The number of thiol groups is 1. The van der Waals surface area contributed by atoms with E-state index in [0.29, 0.717) is 6.54 Å². The fourth-order valence-electron chi connectivity index (χ4n) is 1.39. The first-order valence-electron chi connectivity index (χ1n) is 3.93. The average Bonchev–Trinajstić information content (AvgIpc) is 2.05. The summed E-state index contributed by atoms with van der Waals surface area (Å²) in [5.74, 6) is 0. The lowest BCUT2D eigenvalue weighted by Crippen LogP contribution is -2.40. The van der Waals surface area contributed by atoms with Gasteiger partial charge in [0.2, 0.25) is 0 Å². The molecule has 2 nitrogen and oxygen atoms in total. The summed E-state index contributed by atoms with van der Waals surface area (Å²) < 4.78 is 0. The van der Waals surface area contributed by atoms with Gasteiger partial charge in [-0.3, -0.25) is 0 Å². The van der Waals surface area contributed by atoms with E-state index in [1.165, 1.54) is 11.3 Å². The minimum atomic E-state index is 0.150. The van der Waals surface area contributed by atoms with Gasteiger partial charge in [-0.1, -0.05) is 12.2 Å². The molecule has 68 valence electrons. The van der Waals surface area contributed by atoms with Crippen LogP contribution in [0, 0.1) is 0 Å². The molecule has 12 heavy (non-hydrogen) atoms. The molecule has 0 fully saturated rings. The van der Waals surface area contributed by atoms with Crippen molar-refractivity contribution in [1.82, 2.24) is 4.90 Å². The molecule has 0 aliphatic heterocycles. The molecule has 0 aromatic carbocycles. The Hall–Kier alpha value is -0.0600. The quantitative estimate of drug-likeness (QED) is 0.525. The van der Waals surface area contributed by atoms with Gasteiger partial charge in [0, 0.05) is 30.7 Å². The predicted molar refractivity (Wildman–Crippen MR) is 59.8 cm³/mol. The molecule has 4 heteroatoms. The Kier molecular flexibility index (Phi) is 3.15. The molecule has 2 N–H and O–H groups in total. The Morgan fingerprint density at radius 3 is 2.67 bits per heavy atom. The third kappa shape index (κ3) is 1.51. The Morgan fingerprint density at radius 1 is 1.67 bits per heavy atom. The van der Waals surface area contributed by atoms with Gasteiger partial charge in [0.1, 0.15) is 0 Å². The smallest absolute Gasteiger partial charge is 0.0773 e. The fraction of sp³-hybridized carbons (Fsp3) is 0.625. The van der Waals surface area contributed by atoms with Gasteiger partial charge in [-0.05, 0) is 12.5 Å². The molecule has 1 unspecified atom stereocenters. The molecule has 0 amide bonds. The average molecular weight is 202 g/mol. The second kappa shape index (κ2) is 3.77. The molecule has 0 heterocycles. The van der Waals surface area contributed by atoms with Crippen molar-refractivity contribution in [2.45, 2.75) is 12.2 Å². The van der Waals surface area contributed by atoms with E-state index in [2.05, 4.69) is 17.5 Å². The van der Waals surface area contributed by atoms with Gasteiger partial charge in [-0.25, -0.2) is 0 Å². The number of nitrogens with two attached hydrogens (primary N) is 1. The monoisotopic (exact) mass is 202 g/mol. The van der Waals surface area contributed by atoms with E-state index in [4.69, 9.17) is 18.0 Å². The van der Waals surface area contributed by atoms with E-state index in [0.717, 1.165) is 11.4 Å². The van der Waals surface area contributed by atoms with Crippen LogP contribution >= 0.6 is 24.8 Å². The van der Waals surface area contributed by atoms with Crippen molar-refractivity contribution < 1.29 is 0 Å². The summed E-state index contributed by atoms with van der Waals surface area (Å²) in [6, 6.07) is 0. The molecule has 1 atom stereocenters. The number of rotatable bonds is 3. The Labute approximate surface area is 84.2 Å². The largest absolute Gasteiger partial charge is 0.375 e. The van der Waals surface area contributed by atoms with Crippen LogP contribution in [0.1, 0.15) is 6.92 Å². The molecule has 0 aromatic rings. The van der Waals surface area contributed by atoms with Crippen LogP contribution in [0.5, 0.6) is 0 Å². The van der Waals surface area contributed by atoms with E-state index >= 15 is 0 Å². The molecular weight excluding hydrogens is 188 g/mol. The van der Waals surface area contributed by atoms with Crippen molar-refractivity contribution in [3.05, 3.63) is 11.3 Å². The van der Waals surface area contributed by atoms with Crippen molar-refractivity contribution >= 4 is 29.7 Å². The Morgan fingerprint density at radius 2 is 2.25 bits per heavy atom. The van der Waals surface area contributed by atoms with Gasteiger partial charge in [0.05, 0.1) is 5.25 Å². The molecule has 0 bridgehead atoms. The summed E-state index contributed by atoms with van der Waals surface area (Å²) in [7, 11) is 2.02. The third-order valence-electron chi connectivity index (χ3n) is 2.14. The first kappa shape index (κ1) is 10.0. The fourth-order valence-corrected chi connectivity index (χ4v) is 2.19. The molecule has 0 saturated heterocycles. The summed E-state index contributed by atoms with van der Waals surface area (Å²) in [5.41, 5.74) is 7.88. The lowest BCUT2D eigenvalue weighted by atomic mass is 9.93. The highest BCUT2D eigenvalue weighted by Gasteiger charge is 2.31. The maximum Gasteiger partial charge on any atom is 0.0773 e. The highest BCUT2D eigenvalue weighted by atomic mass is 32.1. The molecule has 0 spiro atoms. The maximum absolute atomic E-state index is 5.45. The van der Waals surface area contributed by atoms with Crippen LogP contribution in [0.4, 0.5) is 0 Å². The number of likely N-dealkylation sites (N-methyl/N-ethyl adjacent to an activating group) is 1.